The quantitative estimate of drug-likeness (QED) is 0.715. The number of carbonyl (C=O) groups is 1. The lowest BCUT2D eigenvalue weighted by atomic mass is 10.1. The number of aromatic hydroxyl groups is 1. The molecular weight excluding hydrogens is 304 g/mol. The minimum absolute atomic E-state index is 0.0459. The highest BCUT2D eigenvalue weighted by Crippen LogP contribution is 2.38. The second kappa shape index (κ2) is 5.73. The molecule has 0 fully saturated rings. The minimum atomic E-state index is -0.512. The lowest BCUT2D eigenvalue weighted by Crippen LogP contribution is -2.05. The zero-order chi connectivity index (χ0) is 15.7. The molecule has 0 atom stereocenters. The van der Waals surface area contributed by atoms with Gasteiger partial charge in [-0.15, -0.1) is 0 Å². The summed E-state index contributed by atoms with van der Waals surface area (Å²) in [7, 11) is 0. The van der Waals surface area contributed by atoms with Crippen LogP contribution < -0.4 is 0 Å². The van der Waals surface area contributed by atoms with Gasteiger partial charge in [-0.05, 0) is 37.3 Å². The number of phenols is 1. The van der Waals surface area contributed by atoms with Crippen LogP contribution >= 0.6 is 11.6 Å². The van der Waals surface area contributed by atoms with Crippen LogP contribution in [0.4, 0.5) is 0 Å². The summed E-state index contributed by atoms with van der Waals surface area (Å²) in [6, 6.07) is 11.7. The van der Waals surface area contributed by atoms with E-state index in [1.165, 1.54) is 12.1 Å². The fourth-order valence-electron chi connectivity index (χ4n) is 2.33. The number of esters is 1. The minimum Gasteiger partial charge on any atom is -0.508 e. The van der Waals surface area contributed by atoms with E-state index in [1.54, 1.807) is 37.3 Å². The van der Waals surface area contributed by atoms with Gasteiger partial charge in [-0.1, -0.05) is 23.7 Å². The Labute approximate surface area is 131 Å². The summed E-state index contributed by atoms with van der Waals surface area (Å²) >= 11 is 6.21. The van der Waals surface area contributed by atoms with Crippen LogP contribution in [0.15, 0.2) is 46.9 Å². The Bertz CT molecular complexity index is 851. The van der Waals surface area contributed by atoms with Crippen molar-refractivity contribution in [1.29, 1.82) is 0 Å². The van der Waals surface area contributed by atoms with Crippen LogP contribution in [0.5, 0.6) is 5.75 Å². The molecule has 0 amide bonds. The predicted molar refractivity (Wildman–Crippen MR) is 84.3 cm³/mol. The van der Waals surface area contributed by atoms with E-state index in [0.717, 1.165) is 0 Å². The Morgan fingerprint density at radius 2 is 2.05 bits per heavy atom. The molecule has 0 spiro atoms. The first-order chi connectivity index (χ1) is 10.6. The molecule has 112 valence electrons. The van der Waals surface area contributed by atoms with Crippen molar-refractivity contribution in [2.24, 2.45) is 0 Å². The molecule has 0 aliphatic heterocycles. The Hall–Kier alpha value is -2.46. The molecule has 0 aliphatic carbocycles. The molecule has 0 aliphatic rings. The molecule has 1 heterocycles. The third-order valence-corrected chi connectivity index (χ3v) is 3.60. The maximum absolute atomic E-state index is 12.3. The van der Waals surface area contributed by atoms with Gasteiger partial charge in [0.25, 0.3) is 0 Å². The van der Waals surface area contributed by atoms with E-state index in [9.17, 15) is 9.90 Å². The van der Waals surface area contributed by atoms with Gasteiger partial charge in [0.2, 0.25) is 0 Å². The van der Waals surface area contributed by atoms with Crippen LogP contribution in [-0.4, -0.2) is 17.7 Å². The zero-order valence-electron chi connectivity index (χ0n) is 11.8. The number of benzene rings is 2. The van der Waals surface area contributed by atoms with Gasteiger partial charge in [0.05, 0.1) is 11.6 Å². The largest absolute Gasteiger partial charge is 0.508 e. The van der Waals surface area contributed by atoms with E-state index < -0.39 is 5.97 Å². The molecule has 0 radical (unpaired) electrons. The van der Waals surface area contributed by atoms with Crippen molar-refractivity contribution < 1.29 is 19.1 Å². The number of halogens is 1. The average molecular weight is 317 g/mol. The number of ether oxygens (including phenoxy) is 1. The van der Waals surface area contributed by atoms with Crippen LogP contribution in [0.2, 0.25) is 5.02 Å². The van der Waals surface area contributed by atoms with E-state index >= 15 is 0 Å². The highest BCUT2D eigenvalue weighted by atomic mass is 35.5. The summed E-state index contributed by atoms with van der Waals surface area (Å²) < 4.78 is 10.9. The molecule has 22 heavy (non-hydrogen) atoms. The van der Waals surface area contributed by atoms with E-state index in [4.69, 9.17) is 20.8 Å². The smallest absolute Gasteiger partial charge is 0.342 e. The molecule has 2 aromatic carbocycles. The molecule has 3 aromatic rings. The molecule has 3 rings (SSSR count). The molecule has 1 N–H and O–H groups in total. The third-order valence-electron chi connectivity index (χ3n) is 3.27. The highest BCUT2D eigenvalue weighted by Gasteiger charge is 2.24. The maximum atomic E-state index is 12.3. The summed E-state index contributed by atoms with van der Waals surface area (Å²) in [4.78, 5) is 12.3. The monoisotopic (exact) mass is 316 g/mol. The van der Waals surface area contributed by atoms with Crippen molar-refractivity contribution in [3.05, 3.63) is 53.1 Å². The van der Waals surface area contributed by atoms with Gasteiger partial charge in [0, 0.05) is 10.9 Å². The molecule has 1 aromatic heterocycles. The predicted octanol–water partition coefficient (Wildman–Crippen LogP) is 4.64. The van der Waals surface area contributed by atoms with Gasteiger partial charge >= 0.3 is 5.97 Å². The fourth-order valence-corrected chi connectivity index (χ4v) is 2.55. The Morgan fingerprint density at radius 1 is 1.27 bits per heavy atom. The van der Waals surface area contributed by atoms with Gasteiger partial charge in [0.15, 0.2) is 5.76 Å². The van der Waals surface area contributed by atoms with Crippen molar-refractivity contribution in [3.63, 3.8) is 0 Å². The number of hydrogen-bond donors (Lipinski definition) is 1. The molecule has 0 bridgehead atoms. The van der Waals surface area contributed by atoms with Crippen molar-refractivity contribution >= 4 is 28.5 Å². The lowest BCUT2D eigenvalue weighted by molar-refractivity contribution is 0.0529. The van der Waals surface area contributed by atoms with E-state index in [0.29, 0.717) is 27.3 Å². The summed E-state index contributed by atoms with van der Waals surface area (Å²) in [6.45, 7) is 1.97. The van der Waals surface area contributed by atoms with Crippen LogP contribution in [0.3, 0.4) is 0 Å². The second-order valence-corrected chi connectivity index (χ2v) is 5.09. The first-order valence-electron chi connectivity index (χ1n) is 6.79. The molecule has 5 heteroatoms. The van der Waals surface area contributed by atoms with E-state index in [2.05, 4.69) is 0 Å². The summed E-state index contributed by atoms with van der Waals surface area (Å²) in [5.41, 5.74) is 1.35. The number of rotatable bonds is 3. The van der Waals surface area contributed by atoms with Crippen molar-refractivity contribution in [3.8, 4) is 17.1 Å². The zero-order valence-corrected chi connectivity index (χ0v) is 12.6. The lowest BCUT2D eigenvalue weighted by Gasteiger charge is -2.05. The molecular formula is C17H13ClO4. The summed E-state index contributed by atoms with van der Waals surface area (Å²) in [6.07, 6.45) is 0. The van der Waals surface area contributed by atoms with Crippen LogP contribution in [-0.2, 0) is 4.74 Å². The Kier molecular flexibility index (Phi) is 3.77. The Balaban J connectivity index is 2.32. The van der Waals surface area contributed by atoms with Gasteiger partial charge < -0.3 is 14.3 Å². The molecule has 0 unspecified atom stereocenters. The number of hydrogen-bond acceptors (Lipinski definition) is 4. The topological polar surface area (TPSA) is 59.7 Å². The van der Waals surface area contributed by atoms with Crippen molar-refractivity contribution in [2.75, 3.05) is 6.61 Å². The Morgan fingerprint density at radius 3 is 2.77 bits per heavy atom. The first kappa shape index (κ1) is 14.5. The van der Waals surface area contributed by atoms with Crippen LogP contribution in [0, 0.1) is 0 Å². The standard InChI is InChI=1S/C17H13ClO4/c1-2-21-17(20)15-12-9-10(19)7-8-14(12)22-16(15)11-5-3-4-6-13(11)18/h3-9,19H,2H2,1H3. The summed E-state index contributed by atoms with van der Waals surface area (Å²) in [5, 5.41) is 10.6. The number of phenolic OH excluding ortho intramolecular Hbond substituents is 1. The molecule has 0 saturated carbocycles. The fraction of sp³-hybridized carbons (Fsp3) is 0.118. The van der Waals surface area contributed by atoms with Crippen molar-refractivity contribution in [2.45, 2.75) is 6.92 Å². The number of furan rings is 1. The second-order valence-electron chi connectivity index (χ2n) is 4.69. The highest BCUT2D eigenvalue weighted by molar-refractivity contribution is 6.33. The number of fused-ring (bicyclic) bond motifs is 1. The van der Waals surface area contributed by atoms with E-state index in [-0.39, 0.29) is 17.9 Å². The maximum Gasteiger partial charge on any atom is 0.342 e. The van der Waals surface area contributed by atoms with E-state index in [1.807, 2.05) is 0 Å². The third kappa shape index (κ3) is 2.42. The SMILES string of the molecule is CCOC(=O)c1c(-c2ccccc2Cl)oc2ccc(O)cc12. The summed E-state index contributed by atoms with van der Waals surface area (Å²) in [5.74, 6) is -0.129. The molecule has 0 saturated heterocycles. The normalized spacial score (nSPS) is 10.8. The first-order valence-corrected chi connectivity index (χ1v) is 7.17. The number of carbonyl (C=O) groups excluding carboxylic acids is 1. The van der Waals surface area contributed by atoms with Gasteiger partial charge in [-0.25, -0.2) is 4.79 Å². The van der Waals surface area contributed by atoms with Crippen molar-refractivity contribution in [1.82, 2.24) is 0 Å². The van der Waals surface area contributed by atoms with Gasteiger partial charge in [-0.3, -0.25) is 0 Å². The average Bonchev–Trinajstić information content (AvgIpc) is 2.86. The molecule has 4 nitrogen and oxygen atoms in total. The van der Waals surface area contributed by atoms with Crippen LogP contribution in [0.25, 0.3) is 22.3 Å². The van der Waals surface area contributed by atoms with Gasteiger partial charge in [0.1, 0.15) is 16.9 Å². The van der Waals surface area contributed by atoms with Crippen LogP contribution in [0.1, 0.15) is 17.3 Å². The van der Waals surface area contributed by atoms with Gasteiger partial charge in [-0.2, -0.15) is 0 Å².